The number of Topliss-reactive ketones (excluding diaryl/α,β-unsaturated/α-hetero) is 1. The standard InChI is InChI=1S/C13H25NO/c1-4-13(15)11-7-9-12(10-8-11)14(5-2)6-3/h11-12H,4-10H2,1-3H3. The van der Waals surface area contributed by atoms with Gasteiger partial charge in [0.1, 0.15) is 5.78 Å². The van der Waals surface area contributed by atoms with Gasteiger partial charge in [-0.05, 0) is 38.8 Å². The summed E-state index contributed by atoms with van der Waals surface area (Å²) in [6.45, 7) is 8.74. The fourth-order valence-electron chi connectivity index (χ4n) is 2.79. The third-order valence-corrected chi connectivity index (χ3v) is 3.83. The highest BCUT2D eigenvalue weighted by molar-refractivity contribution is 5.80. The zero-order chi connectivity index (χ0) is 11.3. The minimum atomic E-state index is 0.377. The molecule has 0 unspecified atom stereocenters. The van der Waals surface area contributed by atoms with Gasteiger partial charge in [-0.1, -0.05) is 20.8 Å². The summed E-state index contributed by atoms with van der Waals surface area (Å²) in [4.78, 5) is 14.1. The van der Waals surface area contributed by atoms with Crippen LogP contribution in [0.15, 0.2) is 0 Å². The summed E-state index contributed by atoms with van der Waals surface area (Å²) in [5, 5.41) is 0. The van der Waals surface area contributed by atoms with Crippen LogP contribution in [0.3, 0.4) is 0 Å². The molecule has 1 fully saturated rings. The van der Waals surface area contributed by atoms with Gasteiger partial charge in [0.25, 0.3) is 0 Å². The molecule has 1 saturated carbocycles. The Morgan fingerprint density at radius 2 is 1.60 bits per heavy atom. The molecular formula is C13H25NO. The highest BCUT2D eigenvalue weighted by atomic mass is 16.1. The Labute approximate surface area is 94.0 Å². The first-order valence-electron chi connectivity index (χ1n) is 6.49. The number of ketones is 1. The van der Waals surface area contributed by atoms with E-state index in [1.165, 1.54) is 12.8 Å². The summed E-state index contributed by atoms with van der Waals surface area (Å²) in [5.74, 6) is 0.856. The van der Waals surface area contributed by atoms with Crippen LogP contribution in [0.5, 0.6) is 0 Å². The average Bonchev–Trinajstić information content (AvgIpc) is 2.30. The largest absolute Gasteiger partial charge is 0.301 e. The first-order chi connectivity index (χ1) is 7.22. The van der Waals surface area contributed by atoms with Crippen molar-refractivity contribution in [1.29, 1.82) is 0 Å². The molecule has 0 aromatic carbocycles. The number of carbonyl (C=O) groups excluding carboxylic acids is 1. The van der Waals surface area contributed by atoms with Crippen LogP contribution in [0.4, 0.5) is 0 Å². The maximum atomic E-state index is 11.6. The molecule has 2 heteroatoms. The van der Waals surface area contributed by atoms with Crippen molar-refractivity contribution in [2.75, 3.05) is 13.1 Å². The van der Waals surface area contributed by atoms with E-state index in [9.17, 15) is 4.79 Å². The topological polar surface area (TPSA) is 20.3 Å². The third-order valence-electron chi connectivity index (χ3n) is 3.83. The van der Waals surface area contributed by atoms with Gasteiger partial charge in [0, 0.05) is 18.4 Å². The van der Waals surface area contributed by atoms with Crippen LogP contribution in [0.25, 0.3) is 0 Å². The Morgan fingerprint density at radius 3 is 2.00 bits per heavy atom. The fraction of sp³-hybridized carbons (Fsp3) is 0.923. The minimum Gasteiger partial charge on any atom is -0.301 e. The van der Waals surface area contributed by atoms with E-state index in [4.69, 9.17) is 0 Å². The van der Waals surface area contributed by atoms with E-state index < -0.39 is 0 Å². The lowest BCUT2D eigenvalue weighted by Crippen LogP contribution is -2.38. The molecule has 1 aliphatic carbocycles. The average molecular weight is 211 g/mol. The molecule has 0 heterocycles. The van der Waals surface area contributed by atoms with Gasteiger partial charge in [0.05, 0.1) is 0 Å². The smallest absolute Gasteiger partial charge is 0.135 e. The molecule has 0 amide bonds. The molecule has 0 saturated heterocycles. The van der Waals surface area contributed by atoms with Crippen molar-refractivity contribution in [2.24, 2.45) is 5.92 Å². The number of hydrogen-bond donors (Lipinski definition) is 0. The first kappa shape index (κ1) is 12.7. The normalized spacial score (nSPS) is 26.9. The number of rotatable bonds is 5. The van der Waals surface area contributed by atoms with Crippen molar-refractivity contribution in [3.05, 3.63) is 0 Å². The van der Waals surface area contributed by atoms with Gasteiger partial charge in [0.15, 0.2) is 0 Å². The summed E-state index contributed by atoms with van der Waals surface area (Å²) < 4.78 is 0. The van der Waals surface area contributed by atoms with E-state index >= 15 is 0 Å². The molecule has 15 heavy (non-hydrogen) atoms. The van der Waals surface area contributed by atoms with Crippen LogP contribution in [-0.2, 0) is 4.79 Å². The van der Waals surface area contributed by atoms with Crippen molar-refractivity contribution in [3.63, 3.8) is 0 Å². The maximum Gasteiger partial charge on any atom is 0.135 e. The van der Waals surface area contributed by atoms with E-state index in [0.717, 1.165) is 38.4 Å². The Bertz CT molecular complexity index is 191. The molecule has 0 aliphatic heterocycles. The predicted octanol–water partition coefficient (Wildman–Crippen LogP) is 2.87. The second-order valence-corrected chi connectivity index (χ2v) is 4.55. The zero-order valence-corrected chi connectivity index (χ0v) is 10.5. The summed E-state index contributed by atoms with van der Waals surface area (Å²) >= 11 is 0. The van der Waals surface area contributed by atoms with Gasteiger partial charge in [-0.15, -0.1) is 0 Å². The van der Waals surface area contributed by atoms with Crippen molar-refractivity contribution < 1.29 is 4.79 Å². The minimum absolute atomic E-state index is 0.377. The Balaban J connectivity index is 2.38. The van der Waals surface area contributed by atoms with Crippen molar-refractivity contribution in [2.45, 2.75) is 58.9 Å². The Morgan fingerprint density at radius 1 is 1.07 bits per heavy atom. The second-order valence-electron chi connectivity index (χ2n) is 4.55. The first-order valence-corrected chi connectivity index (χ1v) is 6.49. The van der Waals surface area contributed by atoms with Crippen LogP contribution in [0.1, 0.15) is 52.9 Å². The molecule has 0 spiro atoms. The lowest BCUT2D eigenvalue weighted by Gasteiger charge is -2.35. The van der Waals surface area contributed by atoms with Crippen LogP contribution in [0.2, 0.25) is 0 Å². The van der Waals surface area contributed by atoms with Gasteiger partial charge >= 0.3 is 0 Å². The molecule has 0 radical (unpaired) electrons. The fourth-order valence-corrected chi connectivity index (χ4v) is 2.79. The zero-order valence-electron chi connectivity index (χ0n) is 10.5. The second kappa shape index (κ2) is 6.26. The maximum absolute atomic E-state index is 11.6. The molecule has 2 nitrogen and oxygen atoms in total. The van der Waals surface area contributed by atoms with E-state index in [1.54, 1.807) is 0 Å². The van der Waals surface area contributed by atoms with Gasteiger partial charge < -0.3 is 4.90 Å². The molecule has 0 aromatic rings. The van der Waals surface area contributed by atoms with Crippen LogP contribution in [0, 0.1) is 5.92 Å². The van der Waals surface area contributed by atoms with E-state index in [2.05, 4.69) is 18.7 Å². The number of carbonyl (C=O) groups is 1. The van der Waals surface area contributed by atoms with Crippen molar-refractivity contribution in [1.82, 2.24) is 4.90 Å². The van der Waals surface area contributed by atoms with Crippen LogP contribution < -0.4 is 0 Å². The lowest BCUT2D eigenvalue weighted by molar-refractivity contribution is -0.123. The molecule has 0 aromatic heterocycles. The van der Waals surface area contributed by atoms with E-state index in [1.807, 2.05) is 6.92 Å². The third kappa shape index (κ3) is 3.30. The quantitative estimate of drug-likeness (QED) is 0.697. The monoisotopic (exact) mass is 211 g/mol. The van der Waals surface area contributed by atoms with Gasteiger partial charge in [-0.25, -0.2) is 0 Å². The van der Waals surface area contributed by atoms with E-state index in [-0.39, 0.29) is 0 Å². The molecule has 1 rings (SSSR count). The van der Waals surface area contributed by atoms with Crippen LogP contribution >= 0.6 is 0 Å². The van der Waals surface area contributed by atoms with Gasteiger partial charge in [0.2, 0.25) is 0 Å². The Kier molecular flexibility index (Phi) is 5.30. The molecule has 88 valence electrons. The molecule has 1 aliphatic rings. The molecular weight excluding hydrogens is 186 g/mol. The summed E-state index contributed by atoms with van der Waals surface area (Å²) in [7, 11) is 0. The Hall–Kier alpha value is -0.370. The van der Waals surface area contributed by atoms with E-state index in [0.29, 0.717) is 11.7 Å². The van der Waals surface area contributed by atoms with Gasteiger partial charge in [-0.3, -0.25) is 4.79 Å². The van der Waals surface area contributed by atoms with Crippen molar-refractivity contribution in [3.8, 4) is 0 Å². The summed E-state index contributed by atoms with van der Waals surface area (Å²) in [6, 6.07) is 0.737. The number of nitrogens with zero attached hydrogens (tertiary/aromatic N) is 1. The summed E-state index contributed by atoms with van der Waals surface area (Å²) in [5.41, 5.74) is 0. The molecule has 0 bridgehead atoms. The van der Waals surface area contributed by atoms with Gasteiger partial charge in [-0.2, -0.15) is 0 Å². The lowest BCUT2D eigenvalue weighted by atomic mass is 9.82. The van der Waals surface area contributed by atoms with Crippen LogP contribution in [-0.4, -0.2) is 29.8 Å². The summed E-state index contributed by atoms with van der Waals surface area (Å²) in [6.07, 6.45) is 5.40. The molecule has 0 atom stereocenters. The van der Waals surface area contributed by atoms with Crippen molar-refractivity contribution >= 4 is 5.78 Å². The number of hydrogen-bond acceptors (Lipinski definition) is 2. The SMILES string of the molecule is CCC(=O)C1CCC(N(CC)CC)CC1. The highest BCUT2D eigenvalue weighted by Gasteiger charge is 2.27. The highest BCUT2D eigenvalue weighted by Crippen LogP contribution is 2.28. The predicted molar refractivity (Wildman–Crippen MR) is 64.0 cm³/mol. The molecule has 0 N–H and O–H groups in total.